The molecule has 0 saturated carbocycles. The van der Waals surface area contributed by atoms with Crippen LogP contribution in [0.25, 0.3) is 0 Å². The number of hydrogen-bond donors (Lipinski definition) is 1. The van der Waals surface area contributed by atoms with Crippen molar-refractivity contribution in [2.24, 2.45) is 5.73 Å². The summed E-state index contributed by atoms with van der Waals surface area (Å²) in [4.78, 5) is 4.95. The molecule has 0 fully saturated rings. The summed E-state index contributed by atoms with van der Waals surface area (Å²) < 4.78 is 5.06. The first-order chi connectivity index (χ1) is 9.17. The van der Waals surface area contributed by atoms with Crippen LogP contribution in [-0.4, -0.2) is 68.8 Å². The van der Waals surface area contributed by atoms with Gasteiger partial charge in [-0.2, -0.15) is 0 Å². The topological polar surface area (TPSA) is 41.7 Å². The minimum absolute atomic E-state index is 0.281. The predicted octanol–water partition coefficient (Wildman–Crippen LogP) is 1.79. The van der Waals surface area contributed by atoms with Crippen LogP contribution in [0.4, 0.5) is 0 Å². The molecule has 0 heterocycles. The van der Waals surface area contributed by atoms with Gasteiger partial charge in [0, 0.05) is 26.3 Å². The average molecular weight is 273 g/mol. The number of rotatable bonds is 13. The van der Waals surface area contributed by atoms with Gasteiger partial charge in [0.1, 0.15) is 0 Å². The number of likely N-dealkylation sites (N-methyl/N-ethyl adjacent to an activating group) is 1. The van der Waals surface area contributed by atoms with Gasteiger partial charge in [0.05, 0.1) is 0 Å². The van der Waals surface area contributed by atoms with Crippen LogP contribution in [0.3, 0.4) is 0 Å². The van der Waals surface area contributed by atoms with E-state index >= 15 is 0 Å². The largest absolute Gasteiger partial charge is 0.385 e. The molecule has 0 bridgehead atoms. The monoisotopic (exact) mass is 273 g/mol. The third-order valence-corrected chi connectivity index (χ3v) is 3.71. The SMILES string of the molecule is CCN(CC)CCCN(CC)CC(N)CCCOC. The van der Waals surface area contributed by atoms with E-state index in [0.29, 0.717) is 0 Å². The van der Waals surface area contributed by atoms with Crippen LogP contribution in [0, 0.1) is 0 Å². The van der Waals surface area contributed by atoms with Crippen LogP contribution in [0.1, 0.15) is 40.0 Å². The Hall–Kier alpha value is -0.160. The van der Waals surface area contributed by atoms with Gasteiger partial charge in [-0.15, -0.1) is 0 Å². The molecule has 0 saturated heterocycles. The fourth-order valence-electron chi connectivity index (χ4n) is 2.35. The molecule has 116 valence electrons. The minimum Gasteiger partial charge on any atom is -0.385 e. The molecule has 0 radical (unpaired) electrons. The van der Waals surface area contributed by atoms with Crippen molar-refractivity contribution in [3.05, 3.63) is 0 Å². The van der Waals surface area contributed by atoms with Gasteiger partial charge in [0.2, 0.25) is 0 Å². The molecule has 0 aromatic carbocycles. The summed E-state index contributed by atoms with van der Waals surface area (Å²) in [6.07, 6.45) is 3.36. The van der Waals surface area contributed by atoms with Crippen molar-refractivity contribution in [1.29, 1.82) is 0 Å². The zero-order chi connectivity index (χ0) is 14.5. The molecule has 19 heavy (non-hydrogen) atoms. The molecule has 0 amide bonds. The van der Waals surface area contributed by atoms with Crippen LogP contribution in [0.5, 0.6) is 0 Å². The molecule has 0 rings (SSSR count). The number of nitrogens with two attached hydrogens (primary N) is 1. The van der Waals surface area contributed by atoms with E-state index < -0.39 is 0 Å². The molecule has 1 unspecified atom stereocenters. The third kappa shape index (κ3) is 10.3. The van der Waals surface area contributed by atoms with E-state index in [9.17, 15) is 0 Å². The molecule has 1 atom stereocenters. The highest BCUT2D eigenvalue weighted by molar-refractivity contribution is 4.68. The number of hydrogen-bond acceptors (Lipinski definition) is 4. The van der Waals surface area contributed by atoms with Gasteiger partial charge in [0.15, 0.2) is 0 Å². The Morgan fingerprint density at radius 1 is 0.947 bits per heavy atom. The standard InChI is InChI=1S/C15H35N3O/c1-5-17(6-2)11-9-12-18(7-3)14-15(16)10-8-13-19-4/h15H,5-14,16H2,1-4H3. The van der Waals surface area contributed by atoms with E-state index in [-0.39, 0.29) is 6.04 Å². The maximum absolute atomic E-state index is 6.17. The second kappa shape index (κ2) is 12.9. The van der Waals surface area contributed by atoms with Gasteiger partial charge in [-0.1, -0.05) is 20.8 Å². The molecular formula is C15H35N3O. The van der Waals surface area contributed by atoms with Gasteiger partial charge in [-0.25, -0.2) is 0 Å². The molecule has 0 aliphatic carbocycles. The molecule has 0 aliphatic heterocycles. The molecule has 2 N–H and O–H groups in total. The first kappa shape index (κ1) is 18.8. The van der Waals surface area contributed by atoms with E-state index in [4.69, 9.17) is 10.5 Å². The fourth-order valence-corrected chi connectivity index (χ4v) is 2.35. The van der Waals surface area contributed by atoms with E-state index in [1.54, 1.807) is 7.11 Å². The zero-order valence-electron chi connectivity index (χ0n) is 13.5. The Morgan fingerprint density at radius 3 is 2.05 bits per heavy atom. The van der Waals surface area contributed by atoms with Crippen LogP contribution in [0.15, 0.2) is 0 Å². The van der Waals surface area contributed by atoms with Gasteiger partial charge in [-0.05, 0) is 52.0 Å². The third-order valence-electron chi connectivity index (χ3n) is 3.71. The van der Waals surface area contributed by atoms with E-state index in [1.807, 2.05) is 0 Å². The summed E-state index contributed by atoms with van der Waals surface area (Å²) in [5.74, 6) is 0. The zero-order valence-corrected chi connectivity index (χ0v) is 13.5. The number of methoxy groups -OCH3 is 1. The Kier molecular flexibility index (Phi) is 12.7. The van der Waals surface area contributed by atoms with Crippen molar-refractivity contribution in [3.63, 3.8) is 0 Å². The molecule has 0 aliphatic rings. The highest BCUT2D eigenvalue weighted by Crippen LogP contribution is 2.01. The minimum atomic E-state index is 0.281. The lowest BCUT2D eigenvalue weighted by Crippen LogP contribution is -2.39. The summed E-state index contributed by atoms with van der Waals surface area (Å²) in [6.45, 7) is 14.3. The van der Waals surface area contributed by atoms with Crippen molar-refractivity contribution in [2.45, 2.75) is 46.1 Å². The van der Waals surface area contributed by atoms with E-state index in [0.717, 1.165) is 52.2 Å². The summed E-state index contributed by atoms with van der Waals surface area (Å²) in [7, 11) is 1.75. The summed E-state index contributed by atoms with van der Waals surface area (Å²) in [6, 6.07) is 0.281. The molecule has 4 nitrogen and oxygen atoms in total. The highest BCUT2D eigenvalue weighted by atomic mass is 16.5. The molecule has 0 spiro atoms. The Balaban J connectivity index is 3.75. The summed E-state index contributed by atoms with van der Waals surface area (Å²) in [5, 5.41) is 0. The van der Waals surface area contributed by atoms with Crippen LogP contribution >= 0.6 is 0 Å². The lowest BCUT2D eigenvalue weighted by atomic mass is 10.1. The summed E-state index contributed by atoms with van der Waals surface area (Å²) >= 11 is 0. The molecule has 0 aromatic rings. The Bertz CT molecular complexity index is 186. The maximum Gasteiger partial charge on any atom is 0.0462 e. The normalized spacial score (nSPS) is 13.4. The first-order valence-corrected chi connectivity index (χ1v) is 7.87. The average Bonchev–Trinajstić information content (AvgIpc) is 2.42. The van der Waals surface area contributed by atoms with Gasteiger partial charge in [0.25, 0.3) is 0 Å². The van der Waals surface area contributed by atoms with Crippen LogP contribution in [0.2, 0.25) is 0 Å². The number of ether oxygens (including phenoxy) is 1. The van der Waals surface area contributed by atoms with Gasteiger partial charge >= 0.3 is 0 Å². The first-order valence-electron chi connectivity index (χ1n) is 7.87. The second-order valence-corrected chi connectivity index (χ2v) is 5.17. The van der Waals surface area contributed by atoms with Gasteiger partial charge < -0.3 is 20.3 Å². The lowest BCUT2D eigenvalue weighted by molar-refractivity contribution is 0.184. The molecule has 4 heteroatoms. The van der Waals surface area contributed by atoms with Crippen molar-refractivity contribution < 1.29 is 4.74 Å². The van der Waals surface area contributed by atoms with Crippen LogP contribution < -0.4 is 5.73 Å². The Labute approximate surface area is 120 Å². The van der Waals surface area contributed by atoms with Crippen molar-refractivity contribution in [2.75, 3.05) is 53.0 Å². The van der Waals surface area contributed by atoms with Crippen LogP contribution in [-0.2, 0) is 4.74 Å². The van der Waals surface area contributed by atoms with Gasteiger partial charge in [-0.3, -0.25) is 0 Å². The highest BCUT2D eigenvalue weighted by Gasteiger charge is 2.09. The quantitative estimate of drug-likeness (QED) is 0.520. The molecule has 0 aromatic heterocycles. The second-order valence-electron chi connectivity index (χ2n) is 5.17. The van der Waals surface area contributed by atoms with Crippen molar-refractivity contribution in [1.82, 2.24) is 9.80 Å². The Morgan fingerprint density at radius 2 is 1.53 bits per heavy atom. The maximum atomic E-state index is 6.17. The summed E-state index contributed by atoms with van der Waals surface area (Å²) in [5.41, 5.74) is 6.17. The van der Waals surface area contributed by atoms with E-state index in [2.05, 4.69) is 30.6 Å². The molecular weight excluding hydrogens is 238 g/mol. The smallest absolute Gasteiger partial charge is 0.0462 e. The predicted molar refractivity (Wildman–Crippen MR) is 83.6 cm³/mol. The lowest BCUT2D eigenvalue weighted by Gasteiger charge is -2.26. The van der Waals surface area contributed by atoms with Crippen molar-refractivity contribution >= 4 is 0 Å². The van der Waals surface area contributed by atoms with Crippen molar-refractivity contribution in [3.8, 4) is 0 Å². The van der Waals surface area contributed by atoms with E-state index in [1.165, 1.54) is 13.0 Å². The fraction of sp³-hybridized carbons (Fsp3) is 1.00. The number of nitrogens with zero attached hydrogens (tertiary/aromatic N) is 2.